The van der Waals surface area contributed by atoms with Crippen LogP contribution in [0.25, 0.3) is 16.5 Å². The fourth-order valence-electron chi connectivity index (χ4n) is 4.24. The van der Waals surface area contributed by atoms with Crippen LogP contribution in [-0.2, 0) is 5.41 Å². The normalized spacial score (nSPS) is 12.2. The molecule has 39 heavy (non-hydrogen) atoms. The lowest BCUT2D eigenvalue weighted by Gasteiger charge is -2.18. The summed E-state index contributed by atoms with van der Waals surface area (Å²) in [5.41, 5.74) is 3.84. The number of urea groups is 1. The molecule has 0 bridgehead atoms. The number of anilines is 2. The number of aromatic nitrogens is 4. The number of nitrogens with one attached hydrogen (secondary N) is 2. The van der Waals surface area contributed by atoms with Crippen LogP contribution in [0.5, 0.6) is 5.75 Å². The SMILES string of the molecule is Cc1ccc(-n2nc(C(C)(C)C)cc2NC(=O)Nc2ccc(OC(C)c3ccccn3)c3ccccc23)cn1. The number of fused-ring (bicyclic) bond motifs is 1. The summed E-state index contributed by atoms with van der Waals surface area (Å²) < 4.78 is 7.98. The molecule has 2 N–H and O–H groups in total. The summed E-state index contributed by atoms with van der Waals surface area (Å²) in [4.78, 5) is 22.0. The Balaban J connectivity index is 1.41. The van der Waals surface area contributed by atoms with Gasteiger partial charge in [0.2, 0.25) is 0 Å². The summed E-state index contributed by atoms with van der Waals surface area (Å²) in [6.45, 7) is 10.2. The second kappa shape index (κ2) is 10.6. The van der Waals surface area contributed by atoms with E-state index in [9.17, 15) is 4.79 Å². The molecule has 3 aromatic heterocycles. The number of benzene rings is 2. The zero-order chi connectivity index (χ0) is 27.6. The number of nitrogens with zero attached hydrogens (tertiary/aromatic N) is 4. The summed E-state index contributed by atoms with van der Waals surface area (Å²) in [7, 11) is 0. The van der Waals surface area contributed by atoms with Crippen LogP contribution in [0, 0.1) is 6.92 Å². The van der Waals surface area contributed by atoms with Crippen LogP contribution >= 0.6 is 0 Å². The molecule has 1 atom stereocenters. The van der Waals surface area contributed by atoms with Crippen LogP contribution in [0.15, 0.2) is 85.2 Å². The van der Waals surface area contributed by atoms with Crippen LogP contribution < -0.4 is 15.4 Å². The number of hydrogen-bond donors (Lipinski definition) is 2. The van der Waals surface area contributed by atoms with Crippen LogP contribution in [0.4, 0.5) is 16.3 Å². The minimum absolute atomic E-state index is 0.200. The number of carbonyl (C=O) groups excluding carboxylic acids is 1. The molecule has 5 rings (SSSR count). The number of aryl methyl sites for hydroxylation is 1. The van der Waals surface area contributed by atoms with Gasteiger partial charge in [-0.05, 0) is 50.2 Å². The average molecular weight is 521 g/mol. The van der Waals surface area contributed by atoms with Crippen molar-refractivity contribution in [3.8, 4) is 11.4 Å². The molecule has 0 radical (unpaired) electrons. The van der Waals surface area contributed by atoms with Gasteiger partial charge in [-0.15, -0.1) is 0 Å². The third kappa shape index (κ3) is 5.75. The Kier molecular flexibility index (Phi) is 7.02. The Morgan fingerprint density at radius 3 is 2.38 bits per heavy atom. The van der Waals surface area contributed by atoms with E-state index < -0.39 is 0 Å². The lowest BCUT2D eigenvalue weighted by molar-refractivity contribution is 0.225. The number of ether oxygens (including phenoxy) is 1. The van der Waals surface area contributed by atoms with Crippen molar-refractivity contribution in [3.63, 3.8) is 0 Å². The largest absolute Gasteiger partial charge is 0.484 e. The van der Waals surface area contributed by atoms with E-state index in [1.807, 2.05) is 86.6 Å². The smallest absolute Gasteiger partial charge is 0.324 e. The van der Waals surface area contributed by atoms with Crippen molar-refractivity contribution in [1.82, 2.24) is 19.7 Å². The molecule has 1 unspecified atom stereocenters. The molecule has 0 aliphatic rings. The van der Waals surface area contributed by atoms with Crippen molar-refractivity contribution in [2.45, 2.75) is 46.1 Å². The van der Waals surface area contributed by atoms with Gasteiger partial charge in [-0.25, -0.2) is 9.48 Å². The van der Waals surface area contributed by atoms with E-state index >= 15 is 0 Å². The monoisotopic (exact) mass is 520 g/mol. The van der Waals surface area contributed by atoms with Crippen LogP contribution in [0.2, 0.25) is 0 Å². The maximum absolute atomic E-state index is 13.3. The molecule has 2 aromatic carbocycles. The highest BCUT2D eigenvalue weighted by atomic mass is 16.5. The van der Waals surface area contributed by atoms with Gasteiger partial charge < -0.3 is 10.1 Å². The van der Waals surface area contributed by atoms with E-state index in [4.69, 9.17) is 9.84 Å². The predicted molar refractivity (Wildman–Crippen MR) is 155 cm³/mol. The Bertz CT molecular complexity index is 1600. The van der Waals surface area contributed by atoms with E-state index in [0.29, 0.717) is 11.5 Å². The highest BCUT2D eigenvalue weighted by Gasteiger charge is 2.22. The van der Waals surface area contributed by atoms with Gasteiger partial charge in [-0.1, -0.05) is 51.1 Å². The molecule has 3 heterocycles. The molecule has 0 fully saturated rings. The maximum atomic E-state index is 13.3. The Morgan fingerprint density at radius 1 is 0.923 bits per heavy atom. The average Bonchev–Trinajstić information content (AvgIpc) is 3.35. The predicted octanol–water partition coefficient (Wildman–Crippen LogP) is 7.21. The molecule has 0 spiro atoms. The number of hydrogen-bond acceptors (Lipinski definition) is 5. The fourth-order valence-corrected chi connectivity index (χ4v) is 4.24. The molecular formula is C31H32N6O2. The Morgan fingerprint density at radius 2 is 1.69 bits per heavy atom. The molecular weight excluding hydrogens is 488 g/mol. The van der Waals surface area contributed by atoms with Gasteiger partial charge in [0.05, 0.1) is 29.0 Å². The molecule has 0 aliphatic heterocycles. The second-order valence-corrected chi connectivity index (χ2v) is 10.5. The van der Waals surface area contributed by atoms with E-state index in [2.05, 4.69) is 41.4 Å². The van der Waals surface area contributed by atoms with Crippen LogP contribution in [0.1, 0.15) is 50.9 Å². The quantitative estimate of drug-likeness (QED) is 0.247. The van der Waals surface area contributed by atoms with Crippen molar-refractivity contribution in [3.05, 3.63) is 102 Å². The van der Waals surface area contributed by atoms with Gasteiger partial charge >= 0.3 is 6.03 Å². The van der Waals surface area contributed by atoms with Gasteiger partial charge in [-0.3, -0.25) is 15.3 Å². The summed E-state index contributed by atoms with van der Waals surface area (Å²) in [6, 6.07) is 22.7. The lowest BCUT2D eigenvalue weighted by atomic mass is 9.92. The second-order valence-electron chi connectivity index (χ2n) is 10.5. The van der Waals surface area contributed by atoms with E-state index in [1.165, 1.54) is 0 Å². The molecule has 8 nitrogen and oxygen atoms in total. The molecule has 5 aromatic rings. The number of carbonyl (C=O) groups is 1. The molecule has 198 valence electrons. The number of amides is 2. The van der Waals surface area contributed by atoms with Gasteiger partial charge in [0.15, 0.2) is 0 Å². The zero-order valence-corrected chi connectivity index (χ0v) is 22.8. The first-order valence-electron chi connectivity index (χ1n) is 12.9. The Hall–Kier alpha value is -4.72. The van der Waals surface area contributed by atoms with Gasteiger partial charge in [-0.2, -0.15) is 5.10 Å². The minimum atomic E-state index is -0.377. The fraction of sp³-hybridized carbons (Fsp3) is 0.226. The third-order valence-electron chi connectivity index (χ3n) is 6.40. The van der Waals surface area contributed by atoms with Crippen molar-refractivity contribution >= 4 is 28.3 Å². The van der Waals surface area contributed by atoms with E-state index in [-0.39, 0.29) is 17.6 Å². The van der Waals surface area contributed by atoms with Crippen molar-refractivity contribution < 1.29 is 9.53 Å². The minimum Gasteiger partial charge on any atom is -0.484 e. The number of rotatable bonds is 6. The lowest BCUT2D eigenvalue weighted by Crippen LogP contribution is -2.21. The molecule has 0 saturated heterocycles. The zero-order valence-electron chi connectivity index (χ0n) is 22.8. The highest BCUT2D eigenvalue weighted by molar-refractivity contribution is 6.07. The Labute approximate surface area is 228 Å². The van der Waals surface area contributed by atoms with Crippen molar-refractivity contribution in [2.24, 2.45) is 0 Å². The summed E-state index contributed by atoms with van der Waals surface area (Å²) in [6.07, 6.45) is 3.27. The van der Waals surface area contributed by atoms with Crippen molar-refractivity contribution in [2.75, 3.05) is 10.6 Å². The first-order chi connectivity index (χ1) is 18.7. The van der Waals surface area contributed by atoms with E-state index in [1.54, 1.807) is 17.1 Å². The first kappa shape index (κ1) is 25.9. The highest BCUT2D eigenvalue weighted by Crippen LogP contribution is 2.34. The van der Waals surface area contributed by atoms with E-state index in [0.717, 1.165) is 39.3 Å². The van der Waals surface area contributed by atoms with Gasteiger partial charge in [0, 0.05) is 34.1 Å². The standard InChI is InChI=1S/C31H32N6O2/c1-20-13-14-22(19-33-20)37-29(18-28(36-37)31(3,4)5)35-30(38)34-26-15-16-27(24-11-7-6-10-23(24)26)39-21(2)25-12-8-9-17-32-25/h6-19,21H,1-5H3,(H2,34,35,38). The van der Waals surface area contributed by atoms with Crippen LogP contribution in [-0.4, -0.2) is 25.8 Å². The van der Waals surface area contributed by atoms with Crippen molar-refractivity contribution in [1.29, 1.82) is 0 Å². The maximum Gasteiger partial charge on any atom is 0.324 e. The number of pyridine rings is 2. The first-order valence-corrected chi connectivity index (χ1v) is 12.9. The summed E-state index contributed by atoms with van der Waals surface area (Å²) in [5.74, 6) is 1.27. The molecule has 0 aliphatic carbocycles. The van der Waals surface area contributed by atoms with Gasteiger partial charge in [0.25, 0.3) is 0 Å². The third-order valence-corrected chi connectivity index (χ3v) is 6.40. The topological polar surface area (TPSA) is 94.0 Å². The van der Waals surface area contributed by atoms with Gasteiger partial charge in [0.1, 0.15) is 17.7 Å². The van der Waals surface area contributed by atoms with Crippen LogP contribution in [0.3, 0.4) is 0 Å². The molecule has 8 heteroatoms. The molecule has 2 amide bonds. The summed E-state index contributed by atoms with van der Waals surface area (Å²) >= 11 is 0. The molecule has 0 saturated carbocycles. The summed E-state index contributed by atoms with van der Waals surface area (Å²) in [5, 5.41) is 12.5.